The molecule has 6 heteroatoms. The molecule has 0 atom stereocenters. The average molecular weight is 270 g/mol. The molecule has 2 N–H and O–H groups in total. The topological polar surface area (TPSA) is 53.1 Å². The highest BCUT2D eigenvalue weighted by Gasteiger charge is 2.16. The summed E-state index contributed by atoms with van der Waals surface area (Å²) >= 11 is 5.68. The number of anilines is 1. The minimum atomic E-state index is -0.613. The van der Waals surface area contributed by atoms with Gasteiger partial charge in [0.15, 0.2) is 11.6 Å². The summed E-state index contributed by atoms with van der Waals surface area (Å²) in [5.74, 6) is -0.273. The summed E-state index contributed by atoms with van der Waals surface area (Å²) < 4.78 is 20.6. The van der Waals surface area contributed by atoms with Gasteiger partial charge < -0.3 is 10.5 Å². The number of nitrogens with two attached hydrogens (primary N) is 1. The Bertz CT molecular complexity index is 583. The summed E-state index contributed by atoms with van der Waals surface area (Å²) in [6, 6.07) is 4.54. The Hall–Kier alpha value is -1.75. The summed E-state index contributed by atoms with van der Waals surface area (Å²) in [5.41, 5.74) is 7.02. The number of aryl methyl sites for hydroxylation is 2. The van der Waals surface area contributed by atoms with E-state index in [4.69, 9.17) is 22.1 Å². The van der Waals surface area contributed by atoms with Gasteiger partial charge in [0.2, 0.25) is 5.88 Å². The fourth-order valence-electron chi connectivity index (χ4n) is 1.63. The van der Waals surface area contributed by atoms with Crippen molar-refractivity contribution in [1.29, 1.82) is 0 Å². The molecule has 0 aliphatic rings. The van der Waals surface area contributed by atoms with Crippen LogP contribution in [0, 0.1) is 5.82 Å². The van der Waals surface area contributed by atoms with Gasteiger partial charge in [0.25, 0.3) is 0 Å². The lowest BCUT2D eigenvalue weighted by atomic mass is 10.3. The molecule has 2 rings (SSSR count). The van der Waals surface area contributed by atoms with Gasteiger partial charge in [0.1, 0.15) is 5.69 Å². The van der Waals surface area contributed by atoms with Crippen LogP contribution < -0.4 is 10.5 Å². The van der Waals surface area contributed by atoms with Gasteiger partial charge in [-0.3, -0.25) is 0 Å². The first-order chi connectivity index (χ1) is 8.54. The predicted octanol–water partition coefficient (Wildman–Crippen LogP) is 3.15. The van der Waals surface area contributed by atoms with Gasteiger partial charge >= 0.3 is 0 Å². The number of ether oxygens (including phenoxy) is 1. The molecule has 1 heterocycles. The number of aromatic nitrogens is 2. The quantitative estimate of drug-likeness (QED) is 0.931. The molecule has 0 bridgehead atoms. The lowest BCUT2D eigenvalue weighted by Crippen LogP contribution is -1.98. The van der Waals surface area contributed by atoms with E-state index in [2.05, 4.69) is 5.10 Å². The number of hydrogen-bond acceptors (Lipinski definition) is 3. The lowest BCUT2D eigenvalue weighted by molar-refractivity contribution is 0.405. The Morgan fingerprint density at radius 3 is 2.83 bits per heavy atom. The van der Waals surface area contributed by atoms with Crippen molar-refractivity contribution in [2.75, 3.05) is 5.73 Å². The number of benzene rings is 1. The highest BCUT2D eigenvalue weighted by atomic mass is 35.5. The van der Waals surface area contributed by atoms with E-state index in [-0.39, 0.29) is 10.8 Å². The zero-order valence-electron chi connectivity index (χ0n) is 10.1. The normalized spacial score (nSPS) is 10.7. The van der Waals surface area contributed by atoms with Crippen molar-refractivity contribution in [3.8, 4) is 11.6 Å². The van der Waals surface area contributed by atoms with Crippen LogP contribution >= 0.6 is 11.6 Å². The van der Waals surface area contributed by atoms with Gasteiger partial charge in [-0.15, -0.1) is 0 Å². The average Bonchev–Trinajstić information content (AvgIpc) is 2.62. The van der Waals surface area contributed by atoms with Gasteiger partial charge in [-0.25, -0.2) is 9.07 Å². The standard InChI is InChI=1S/C12H13ClFN3O/c1-3-8-11(15)12(17(2)16-8)18-9-6-4-5-7(13)10(9)14/h4-6H,3,15H2,1-2H3. The van der Waals surface area contributed by atoms with Gasteiger partial charge in [-0.05, 0) is 18.6 Å². The third-order valence-electron chi connectivity index (χ3n) is 2.56. The first-order valence-electron chi connectivity index (χ1n) is 5.47. The second kappa shape index (κ2) is 4.86. The highest BCUT2D eigenvalue weighted by molar-refractivity contribution is 6.30. The van der Waals surface area contributed by atoms with Crippen LogP contribution in [0.1, 0.15) is 12.6 Å². The van der Waals surface area contributed by atoms with E-state index in [1.54, 1.807) is 13.1 Å². The van der Waals surface area contributed by atoms with Crippen molar-refractivity contribution in [3.63, 3.8) is 0 Å². The van der Waals surface area contributed by atoms with E-state index in [0.717, 1.165) is 5.69 Å². The number of rotatable bonds is 3. The van der Waals surface area contributed by atoms with Gasteiger partial charge in [-0.1, -0.05) is 24.6 Å². The molecule has 4 nitrogen and oxygen atoms in total. The van der Waals surface area contributed by atoms with Crippen LogP contribution in [0.2, 0.25) is 5.02 Å². The molecule has 2 aromatic rings. The Morgan fingerprint density at radius 1 is 1.50 bits per heavy atom. The van der Waals surface area contributed by atoms with Crippen molar-refractivity contribution in [3.05, 3.63) is 34.7 Å². The molecule has 0 amide bonds. The molecule has 0 saturated carbocycles. The molecule has 0 spiro atoms. The first-order valence-corrected chi connectivity index (χ1v) is 5.85. The SMILES string of the molecule is CCc1nn(C)c(Oc2cccc(Cl)c2F)c1N. The van der Waals surface area contributed by atoms with Crippen LogP contribution in [-0.4, -0.2) is 9.78 Å². The molecule has 18 heavy (non-hydrogen) atoms. The van der Waals surface area contributed by atoms with E-state index < -0.39 is 5.82 Å². The minimum absolute atomic E-state index is 0.00366. The predicted molar refractivity (Wildman–Crippen MR) is 68.5 cm³/mol. The number of hydrogen-bond donors (Lipinski definition) is 1. The summed E-state index contributed by atoms with van der Waals surface area (Å²) in [6.45, 7) is 1.93. The number of nitrogens with zero attached hydrogens (tertiary/aromatic N) is 2. The Kier molecular flexibility index (Phi) is 3.43. The monoisotopic (exact) mass is 269 g/mol. The highest BCUT2D eigenvalue weighted by Crippen LogP contribution is 2.33. The molecule has 1 aromatic heterocycles. The van der Waals surface area contributed by atoms with Gasteiger partial charge in [0.05, 0.1) is 10.7 Å². The van der Waals surface area contributed by atoms with Crippen LogP contribution in [-0.2, 0) is 13.5 Å². The molecule has 0 radical (unpaired) electrons. The Balaban J connectivity index is 2.40. The zero-order chi connectivity index (χ0) is 13.3. The lowest BCUT2D eigenvalue weighted by Gasteiger charge is -2.08. The van der Waals surface area contributed by atoms with E-state index in [1.807, 2.05) is 6.92 Å². The van der Waals surface area contributed by atoms with Crippen molar-refractivity contribution < 1.29 is 9.13 Å². The maximum atomic E-state index is 13.7. The van der Waals surface area contributed by atoms with Crippen LogP contribution in [0.4, 0.5) is 10.1 Å². The van der Waals surface area contributed by atoms with Crippen molar-refractivity contribution in [2.24, 2.45) is 7.05 Å². The van der Waals surface area contributed by atoms with Crippen molar-refractivity contribution in [1.82, 2.24) is 9.78 Å². The molecule has 0 fully saturated rings. The first kappa shape index (κ1) is 12.7. The summed E-state index contributed by atoms with van der Waals surface area (Å²) in [5, 5.41) is 4.19. The fraction of sp³-hybridized carbons (Fsp3) is 0.250. The second-order valence-electron chi connectivity index (χ2n) is 3.80. The summed E-state index contributed by atoms with van der Waals surface area (Å²) in [4.78, 5) is 0. The number of nitrogen functional groups attached to an aromatic ring is 1. The van der Waals surface area contributed by atoms with Gasteiger partial charge in [0, 0.05) is 7.05 Å². The van der Waals surface area contributed by atoms with Crippen LogP contribution in [0.5, 0.6) is 11.6 Å². The molecule has 0 aliphatic carbocycles. The van der Waals surface area contributed by atoms with Crippen molar-refractivity contribution in [2.45, 2.75) is 13.3 Å². The molecule has 0 unspecified atom stereocenters. The number of halogens is 2. The maximum absolute atomic E-state index is 13.7. The summed E-state index contributed by atoms with van der Waals surface area (Å²) in [7, 11) is 1.69. The second-order valence-corrected chi connectivity index (χ2v) is 4.20. The Morgan fingerprint density at radius 2 is 2.22 bits per heavy atom. The molecular formula is C12H13ClFN3O. The van der Waals surface area contributed by atoms with Gasteiger partial charge in [-0.2, -0.15) is 5.10 Å². The van der Waals surface area contributed by atoms with Crippen LogP contribution in [0.3, 0.4) is 0 Å². The van der Waals surface area contributed by atoms with E-state index in [1.165, 1.54) is 16.8 Å². The minimum Gasteiger partial charge on any atom is -0.434 e. The maximum Gasteiger partial charge on any atom is 0.241 e. The molecular weight excluding hydrogens is 257 g/mol. The van der Waals surface area contributed by atoms with E-state index in [0.29, 0.717) is 18.0 Å². The fourth-order valence-corrected chi connectivity index (χ4v) is 1.79. The molecule has 96 valence electrons. The molecule has 0 aliphatic heterocycles. The van der Waals surface area contributed by atoms with E-state index in [9.17, 15) is 4.39 Å². The smallest absolute Gasteiger partial charge is 0.241 e. The van der Waals surface area contributed by atoms with E-state index >= 15 is 0 Å². The van der Waals surface area contributed by atoms with Crippen molar-refractivity contribution >= 4 is 17.3 Å². The largest absolute Gasteiger partial charge is 0.434 e. The molecule has 1 aromatic carbocycles. The van der Waals surface area contributed by atoms with Crippen LogP contribution in [0.25, 0.3) is 0 Å². The van der Waals surface area contributed by atoms with Crippen LogP contribution in [0.15, 0.2) is 18.2 Å². The zero-order valence-corrected chi connectivity index (χ0v) is 10.8. The third-order valence-corrected chi connectivity index (χ3v) is 2.86. The molecule has 0 saturated heterocycles. The Labute approximate surface area is 109 Å². The summed E-state index contributed by atoms with van der Waals surface area (Å²) in [6.07, 6.45) is 0.682. The third kappa shape index (κ3) is 2.13.